The Labute approximate surface area is 117 Å². The van der Waals surface area contributed by atoms with E-state index in [2.05, 4.69) is 10.6 Å². The van der Waals surface area contributed by atoms with Crippen LogP contribution in [0.5, 0.6) is 0 Å². The summed E-state index contributed by atoms with van der Waals surface area (Å²) in [5, 5.41) is 7.38. The van der Waals surface area contributed by atoms with E-state index in [-0.39, 0.29) is 11.9 Å². The lowest BCUT2D eigenvalue weighted by Gasteiger charge is -2.19. The van der Waals surface area contributed by atoms with Crippen LogP contribution in [0, 0.1) is 6.92 Å². The maximum absolute atomic E-state index is 11.5. The summed E-state index contributed by atoms with van der Waals surface area (Å²) in [7, 11) is 0. The minimum atomic E-state index is 0.0740. The van der Waals surface area contributed by atoms with Gasteiger partial charge in [0.1, 0.15) is 0 Å². The fourth-order valence-corrected chi connectivity index (χ4v) is 2.57. The summed E-state index contributed by atoms with van der Waals surface area (Å²) in [6.45, 7) is 2.68. The Morgan fingerprint density at radius 3 is 2.94 bits per heavy atom. The molecule has 1 unspecified atom stereocenters. The van der Waals surface area contributed by atoms with Gasteiger partial charge in [0.2, 0.25) is 5.91 Å². The second kappa shape index (κ2) is 5.81. The van der Waals surface area contributed by atoms with Crippen molar-refractivity contribution in [2.24, 2.45) is 0 Å². The quantitative estimate of drug-likeness (QED) is 0.875. The Balaban J connectivity index is 2.17. The highest BCUT2D eigenvalue weighted by molar-refractivity contribution is 6.39. The van der Waals surface area contributed by atoms with Crippen LogP contribution >= 0.6 is 23.2 Å². The molecule has 1 aromatic carbocycles. The molecule has 0 bridgehead atoms. The van der Waals surface area contributed by atoms with Gasteiger partial charge in [-0.1, -0.05) is 29.3 Å². The molecule has 0 saturated carbocycles. The number of hydrogen-bond acceptors (Lipinski definition) is 2. The van der Waals surface area contributed by atoms with Crippen molar-refractivity contribution in [3.05, 3.63) is 27.7 Å². The molecule has 2 rings (SSSR count). The number of aryl methyl sites for hydroxylation is 1. The predicted octanol–water partition coefficient (Wildman–Crippen LogP) is 3.38. The van der Waals surface area contributed by atoms with Crippen LogP contribution in [0.25, 0.3) is 0 Å². The normalized spacial score (nSPS) is 20.2. The van der Waals surface area contributed by atoms with Crippen molar-refractivity contribution in [2.45, 2.75) is 32.2 Å². The average Bonchev–Trinajstić information content (AvgIpc) is 2.54. The Kier molecular flexibility index (Phi) is 4.36. The molecule has 5 heteroatoms. The van der Waals surface area contributed by atoms with E-state index < -0.39 is 0 Å². The van der Waals surface area contributed by atoms with E-state index in [1.54, 1.807) is 0 Å². The van der Waals surface area contributed by atoms with Gasteiger partial charge in [-0.15, -0.1) is 0 Å². The molecule has 3 nitrogen and oxygen atoms in total. The van der Waals surface area contributed by atoms with Crippen LogP contribution in [0.4, 0.5) is 5.69 Å². The van der Waals surface area contributed by atoms with Crippen molar-refractivity contribution in [2.75, 3.05) is 11.9 Å². The first-order chi connectivity index (χ1) is 8.58. The maximum Gasteiger partial charge on any atom is 0.222 e. The largest absolute Gasteiger partial charge is 0.379 e. The number of amides is 1. The first-order valence-corrected chi connectivity index (χ1v) is 6.81. The number of halogens is 2. The molecule has 2 N–H and O–H groups in total. The summed E-state index contributed by atoms with van der Waals surface area (Å²) >= 11 is 12.4. The Hall–Kier alpha value is -0.930. The van der Waals surface area contributed by atoms with Crippen LogP contribution in [-0.2, 0) is 4.79 Å². The van der Waals surface area contributed by atoms with Crippen LogP contribution in [0.3, 0.4) is 0 Å². The molecule has 1 aliphatic rings. The van der Waals surface area contributed by atoms with Gasteiger partial charge in [0, 0.05) is 19.0 Å². The van der Waals surface area contributed by atoms with Gasteiger partial charge < -0.3 is 10.6 Å². The number of anilines is 1. The van der Waals surface area contributed by atoms with Crippen molar-refractivity contribution < 1.29 is 4.79 Å². The van der Waals surface area contributed by atoms with Gasteiger partial charge in [0.15, 0.2) is 0 Å². The monoisotopic (exact) mass is 286 g/mol. The number of hydrogen-bond donors (Lipinski definition) is 2. The number of benzene rings is 1. The summed E-state index contributed by atoms with van der Waals surface area (Å²) < 4.78 is 0. The summed E-state index contributed by atoms with van der Waals surface area (Å²) in [6, 6.07) is 3.79. The van der Waals surface area contributed by atoms with Crippen LogP contribution in [-0.4, -0.2) is 18.5 Å². The van der Waals surface area contributed by atoms with Gasteiger partial charge >= 0.3 is 0 Å². The highest BCUT2D eigenvalue weighted by Crippen LogP contribution is 2.34. The van der Waals surface area contributed by atoms with E-state index in [9.17, 15) is 4.79 Å². The number of carbonyl (C=O) groups excluding carboxylic acids is 1. The van der Waals surface area contributed by atoms with Crippen molar-refractivity contribution in [3.8, 4) is 0 Å². The molecule has 0 spiro atoms. The Morgan fingerprint density at radius 2 is 2.17 bits per heavy atom. The maximum atomic E-state index is 11.5. The van der Waals surface area contributed by atoms with Crippen molar-refractivity contribution >= 4 is 34.8 Å². The van der Waals surface area contributed by atoms with Gasteiger partial charge in [-0.05, 0) is 31.4 Å². The molecule has 1 aliphatic heterocycles. The van der Waals surface area contributed by atoms with E-state index in [1.807, 2.05) is 19.1 Å². The first-order valence-electron chi connectivity index (χ1n) is 6.06. The van der Waals surface area contributed by atoms with Gasteiger partial charge in [-0.25, -0.2) is 0 Å². The van der Waals surface area contributed by atoms with E-state index >= 15 is 0 Å². The molecule has 18 heavy (non-hydrogen) atoms. The molecule has 1 aromatic rings. The number of nitrogens with one attached hydrogen (secondary N) is 2. The van der Waals surface area contributed by atoms with E-state index in [1.165, 1.54) is 0 Å². The molecule has 1 saturated heterocycles. The SMILES string of the molecule is Cc1ccc(Cl)c(NC2CCCNC(=O)C2)c1Cl. The standard InChI is InChI=1S/C13H16Cl2N2O/c1-8-4-5-10(14)13(12(8)15)17-9-3-2-6-16-11(18)7-9/h4-5,9,17H,2-3,6-7H2,1H3,(H,16,18). The minimum absolute atomic E-state index is 0.0740. The second-order valence-corrected chi connectivity index (χ2v) is 5.38. The first kappa shape index (κ1) is 13.5. The highest BCUT2D eigenvalue weighted by atomic mass is 35.5. The van der Waals surface area contributed by atoms with E-state index in [0.29, 0.717) is 16.5 Å². The zero-order valence-corrected chi connectivity index (χ0v) is 11.7. The predicted molar refractivity (Wildman–Crippen MR) is 75.5 cm³/mol. The molecule has 1 amide bonds. The Morgan fingerprint density at radius 1 is 1.39 bits per heavy atom. The fraction of sp³-hybridized carbons (Fsp3) is 0.462. The van der Waals surface area contributed by atoms with Crippen LogP contribution in [0.1, 0.15) is 24.8 Å². The van der Waals surface area contributed by atoms with Crippen LogP contribution < -0.4 is 10.6 Å². The lowest BCUT2D eigenvalue weighted by atomic mass is 10.1. The van der Waals surface area contributed by atoms with Crippen LogP contribution in [0.2, 0.25) is 10.0 Å². The fourth-order valence-electron chi connectivity index (χ4n) is 2.09. The summed E-state index contributed by atoms with van der Waals surface area (Å²) in [5.74, 6) is 0.0740. The number of carbonyl (C=O) groups is 1. The molecular weight excluding hydrogens is 271 g/mol. The Bertz CT molecular complexity index is 463. The summed E-state index contributed by atoms with van der Waals surface area (Å²) in [5.41, 5.74) is 1.71. The molecular formula is C13H16Cl2N2O. The summed E-state index contributed by atoms with van der Waals surface area (Å²) in [4.78, 5) is 11.5. The molecule has 1 fully saturated rings. The van der Waals surface area contributed by atoms with E-state index in [0.717, 1.165) is 30.6 Å². The molecule has 1 atom stereocenters. The zero-order chi connectivity index (χ0) is 13.1. The molecule has 98 valence electrons. The number of rotatable bonds is 2. The van der Waals surface area contributed by atoms with Gasteiger partial charge in [0.05, 0.1) is 15.7 Å². The summed E-state index contributed by atoms with van der Waals surface area (Å²) in [6.07, 6.45) is 2.35. The molecule has 0 aliphatic carbocycles. The van der Waals surface area contributed by atoms with Gasteiger partial charge in [0.25, 0.3) is 0 Å². The third-order valence-electron chi connectivity index (χ3n) is 3.12. The van der Waals surface area contributed by atoms with Gasteiger partial charge in [-0.3, -0.25) is 4.79 Å². The van der Waals surface area contributed by atoms with E-state index in [4.69, 9.17) is 23.2 Å². The third kappa shape index (κ3) is 3.09. The van der Waals surface area contributed by atoms with Crippen molar-refractivity contribution in [1.82, 2.24) is 5.32 Å². The molecule has 1 heterocycles. The molecule has 0 aromatic heterocycles. The minimum Gasteiger partial charge on any atom is -0.379 e. The topological polar surface area (TPSA) is 41.1 Å². The zero-order valence-electron chi connectivity index (χ0n) is 10.2. The smallest absolute Gasteiger partial charge is 0.222 e. The van der Waals surface area contributed by atoms with Crippen molar-refractivity contribution in [1.29, 1.82) is 0 Å². The van der Waals surface area contributed by atoms with Crippen LogP contribution in [0.15, 0.2) is 12.1 Å². The third-order valence-corrected chi connectivity index (χ3v) is 3.92. The lowest BCUT2D eigenvalue weighted by Crippen LogP contribution is -2.27. The molecule has 0 radical (unpaired) electrons. The average molecular weight is 287 g/mol. The highest BCUT2D eigenvalue weighted by Gasteiger charge is 2.19. The lowest BCUT2D eigenvalue weighted by molar-refractivity contribution is -0.120. The van der Waals surface area contributed by atoms with Gasteiger partial charge in [-0.2, -0.15) is 0 Å². The second-order valence-electron chi connectivity index (χ2n) is 4.59. The van der Waals surface area contributed by atoms with Crippen molar-refractivity contribution in [3.63, 3.8) is 0 Å².